The Labute approximate surface area is 86.9 Å². The summed E-state index contributed by atoms with van der Waals surface area (Å²) in [6, 6.07) is 2.95. The molecule has 0 atom stereocenters. The van der Waals surface area contributed by atoms with Gasteiger partial charge in [-0.05, 0) is 6.07 Å². The Morgan fingerprint density at radius 2 is 2.00 bits per heavy atom. The second-order valence-electron chi connectivity index (χ2n) is 2.91. The van der Waals surface area contributed by atoms with Crippen LogP contribution in [0.2, 0.25) is 0 Å². The van der Waals surface area contributed by atoms with Gasteiger partial charge in [-0.25, -0.2) is 0 Å². The van der Waals surface area contributed by atoms with E-state index in [4.69, 9.17) is 14.6 Å². The van der Waals surface area contributed by atoms with Gasteiger partial charge >= 0.3 is 5.97 Å². The minimum absolute atomic E-state index is 0.166. The average Bonchev–Trinajstić information content (AvgIpc) is 2.20. The number of carboxylic acid groups (broad SMARTS) is 1. The molecule has 5 heteroatoms. The van der Waals surface area contributed by atoms with Crippen molar-refractivity contribution < 1.29 is 24.5 Å². The first-order valence-electron chi connectivity index (χ1n) is 4.24. The minimum atomic E-state index is -1.03. The summed E-state index contributed by atoms with van der Waals surface area (Å²) in [5.74, 6) is -0.548. The van der Waals surface area contributed by atoms with Crippen molar-refractivity contribution in [2.75, 3.05) is 14.2 Å². The lowest BCUT2D eigenvalue weighted by atomic mass is 10.1. The molecule has 0 aliphatic heterocycles. The molecule has 0 bridgehead atoms. The standard InChI is InChI=1S/C10H12O5/c1-14-7-3-6(4-9(11)12)10(13)8(5-7)15-2/h3,5,13H,4H2,1-2H3,(H,11,12). The molecule has 82 valence electrons. The fourth-order valence-corrected chi connectivity index (χ4v) is 1.21. The van der Waals surface area contributed by atoms with E-state index in [-0.39, 0.29) is 23.5 Å². The monoisotopic (exact) mass is 212 g/mol. The van der Waals surface area contributed by atoms with E-state index in [2.05, 4.69) is 0 Å². The fraction of sp³-hybridized carbons (Fsp3) is 0.300. The van der Waals surface area contributed by atoms with E-state index in [9.17, 15) is 9.90 Å². The number of aliphatic carboxylic acids is 1. The van der Waals surface area contributed by atoms with E-state index in [1.807, 2.05) is 0 Å². The van der Waals surface area contributed by atoms with Gasteiger partial charge in [0.15, 0.2) is 11.5 Å². The van der Waals surface area contributed by atoms with Crippen LogP contribution < -0.4 is 9.47 Å². The third-order valence-corrected chi connectivity index (χ3v) is 1.92. The average molecular weight is 212 g/mol. The summed E-state index contributed by atoms with van der Waals surface area (Å²) in [7, 11) is 2.84. The van der Waals surface area contributed by atoms with Gasteiger partial charge in [-0.15, -0.1) is 0 Å². The van der Waals surface area contributed by atoms with E-state index in [1.54, 1.807) is 0 Å². The summed E-state index contributed by atoms with van der Waals surface area (Å²) in [6.45, 7) is 0. The first-order chi connectivity index (χ1) is 7.08. The van der Waals surface area contributed by atoms with Crippen LogP contribution >= 0.6 is 0 Å². The number of benzene rings is 1. The number of methoxy groups -OCH3 is 2. The van der Waals surface area contributed by atoms with E-state index < -0.39 is 5.97 Å². The maximum atomic E-state index is 10.5. The van der Waals surface area contributed by atoms with Crippen molar-refractivity contribution in [3.63, 3.8) is 0 Å². The summed E-state index contributed by atoms with van der Waals surface area (Å²) in [6.07, 6.45) is -0.278. The summed E-state index contributed by atoms with van der Waals surface area (Å²) < 4.78 is 9.84. The van der Waals surface area contributed by atoms with Crippen molar-refractivity contribution in [3.8, 4) is 17.2 Å². The molecule has 1 aromatic rings. The predicted octanol–water partition coefficient (Wildman–Crippen LogP) is 1.04. The summed E-state index contributed by atoms with van der Waals surface area (Å²) >= 11 is 0. The molecule has 0 aromatic heterocycles. The van der Waals surface area contributed by atoms with Crippen molar-refractivity contribution in [2.45, 2.75) is 6.42 Å². The Morgan fingerprint density at radius 1 is 1.33 bits per heavy atom. The zero-order chi connectivity index (χ0) is 11.4. The molecule has 0 spiro atoms. The molecule has 0 fully saturated rings. The van der Waals surface area contributed by atoms with Crippen LogP contribution in [-0.4, -0.2) is 30.4 Å². The van der Waals surface area contributed by atoms with Crippen molar-refractivity contribution >= 4 is 5.97 Å². The second kappa shape index (κ2) is 4.54. The highest BCUT2D eigenvalue weighted by molar-refractivity contribution is 5.72. The Hall–Kier alpha value is -1.91. The minimum Gasteiger partial charge on any atom is -0.504 e. The van der Waals surface area contributed by atoms with Crippen LogP contribution in [0.15, 0.2) is 12.1 Å². The summed E-state index contributed by atoms with van der Waals surface area (Å²) in [5, 5.41) is 18.2. The first kappa shape index (κ1) is 11.2. The number of hydrogen-bond donors (Lipinski definition) is 2. The normalized spacial score (nSPS) is 9.73. The molecule has 1 aromatic carbocycles. The summed E-state index contributed by atoms with van der Waals surface area (Å²) in [5.41, 5.74) is 0.263. The lowest BCUT2D eigenvalue weighted by molar-refractivity contribution is -0.136. The maximum Gasteiger partial charge on any atom is 0.307 e. The van der Waals surface area contributed by atoms with Crippen molar-refractivity contribution in [3.05, 3.63) is 17.7 Å². The number of carbonyl (C=O) groups is 1. The molecule has 0 heterocycles. The largest absolute Gasteiger partial charge is 0.504 e. The van der Waals surface area contributed by atoms with Crippen LogP contribution in [0.4, 0.5) is 0 Å². The molecule has 0 radical (unpaired) electrons. The Kier molecular flexibility index (Phi) is 3.38. The second-order valence-corrected chi connectivity index (χ2v) is 2.91. The topological polar surface area (TPSA) is 76.0 Å². The van der Waals surface area contributed by atoms with Crippen LogP contribution in [0.3, 0.4) is 0 Å². The van der Waals surface area contributed by atoms with Crippen LogP contribution in [0.25, 0.3) is 0 Å². The Morgan fingerprint density at radius 3 is 2.47 bits per heavy atom. The van der Waals surface area contributed by atoms with Gasteiger partial charge in [-0.2, -0.15) is 0 Å². The van der Waals surface area contributed by atoms with Crippen LogP contribution in [0.1, 0.15) is 5.56 Å². The van der Waals surface area contributed by atoms with Crippen LogP contribution in [0, 0.1) is 0 Å². The number of rotatable bonds is 4. The third kappa shape index (κ3) is 2.52. The fourth-order valence-electron chi connectivity index (χ4n) is 1.21. The van der Waals surface area contributed by atoms with Gasteiger partial charge in [-0.3, -0.25) is 4.79 Å². The SMILES string of the molecule is COc1cc(CC(=O)O)c(O)c(OC)c1. The molecular weight excluding hydrogens is 200 g/mol. The molecule has 1 rings (SSSR count). The Bertz CT molecular complexity index is 372. The van der Waals surface area contributed by atoms with Crippen molar-refractivity contribution in [1.29, 1.82) is 0 Å². The molecule has 2 N–H and O–H groups in total. The zero-order valence-corrected chi connectivity index (χ0v) is 8.48. The van der Waals surface area contributed by atoms with E-state index in [1.165, 1.54) is 26.4 Å². The van der Waals surface area contributed by atoms with E-state index >= 15 is 0 Å². The van der Waals surface area contributed by atoms with Gasteiger partial charge in [0.25, 0.3) is 0 Å². The van der Waals surface area contributed by atoms with Gasteiger partial charge in [0.05, 0.1) is 20.6 Å². The lowest BCUT2D eigenvalue weighted by Gasteiger charge is -2.10. The molecule has 0 aliphatic rings. The van der Waals surface area contributed by atoms with Crippen molar-refractivity contribution in [2.24, 2.45) is 0 Å². The number of carboxylic acids is 1. The number of aromatic hydroxyl groups is 1. The van der Waals surface area contributed by atoms with Crippen LogP contribution in [-0.2, 0) is 11.2 Å². The molecule has 0 unspecified atom stereocenters. The zero-order valence-electron chi connectivity index (χ0n) is 8.48. The number of phenols is 1. The quantitative estimate of drug-likeness (QED) is 0.779. The number of phenolic OH excluding ortho intramolecular Hbond substituents is 1. The van der Waals surface area contributed by atoms with Crippen molar-refractivity contribution in [1.82, 2.24) is 0 Å². The highest BCUT2D eigenvalue weighted by Crippen LogP contribution is 2.34. The van der Waals surface area contributed by atoms with Crippen LogP contribution in [0.5, 0.6) is 17.2 Å². The summed E-state index contributed by atoms with van der Waals surface area (Å²) in [4.78, 5) is 10.5. The predicted molar refractivity (Wildman–Crippen MR) is 52.6 cm³/mol. The molecular formula is C10H12O5. The van der Waals surface area contributed by atoms with E-state index in [0.29, 0.717) is 5.75 Å². The molecule has 0 saturated carbocycles. The van der Waals surface area contributed by atoms with Gasteiger partial charge in [-0.1, -0.05) is 0 Å². The van der Waals surface area contributed by atoms with Gasteiger partial charge in [0.1, 0.15) is 5.75 Å². The van der Waals surface area contributed by atoms with Gasteiger partial charge in [0.2, 0.25) is 0 Å². The highest BCUT2D eigenvalue weighted by atomic mass is 16.5. The molecule has 0 amide bonds. The number of ether oxygens (including phenoxy) is 2. The first-order valence-corrected chi connectivity index (χ1v) is 4.24. The maximum absolute atomic E-state index is 10.5. The highest BCUT2D eigenvalue weighted by Gasteiger charge is 2.13. The number of hydrogen-bond acceptors (Lipinski definition) is 4. The third-order valence-electron chi connectivity index (χ3n) is 1.92. The molecule has 5 nitrogen and oxygen atoms in total. The van der Waals surface area contributed by atoms with Gasteiger partial charge < -0.3 is 19.7 Å². The smallest absolute Gasteiger partial charge is 0.307 e. The lowest BCUT2D eigenvalue weighted by Crippen LogP contribution is -2.01. The van der Waals surface area contributed by atoms with E-state index in [0.717, 1.165) is 0 Å². The Balaban J connectivity index is 3.17. The van der Waals surface area contributed by atoms with Gasteiger partial charge in [0, 0.05) is 11.6 Å². The molecule has 15 heavy (non-hydrogen) atoms. The molecule has 0 saturated heterocycles. The molecule has 0 aliphatic carbocycles.